The fraction of sp³-hybridized carbons (Fsp3) is 0.368. The summed E-state index contributed by atoms with van der Waals surface area (Å²) < 4.78 is 16.0. The second-order valence-electron chi connectivity index (χ2n) is 6.48. The van der Waals surface area contributed by atoms with Crippen LogP contribution in [0.25, 0.3) is 11.6 Å². The van der Waals surface area contributed by atoms with E-state index in [1.807, 2.05) is 30.3 Å². The molecule has 140 valence electrons. The summed E-state index contributed by atoms with van der Waals surface area (Å²) in [6, 6.07) is 10.8. The van der Waals surface area contributed by atoms with Crippen molar-refractivity contribution in [1.29, 1.82) is 0 Å². The third kappa shape index (κ3) is 3.84. The van der Waals surface area contributed by atoms with Crippen molar-refractivity contribution in [1.82, 2.24) is 20.2 Å². The zero-order valence-corrected chi connectivity index (χ0v) is 15.0. The van der Waals surface area contributed by atoms with Gasteiger partial charge in [-0.2, -0.15) is 4.98 Å². The Labute approximate surface area is 156 Å². The number of benzene rings is 1. The number of para-hydroxylation sites is 1. The molecule has 0 spiro atoms. The molecule has 3 heterocycles. The summed E-state index contributed by atoms with van der Waals surface area (Å²) in [4.78, 5) is 18.9. The van der Waals surface area contributed by atoms with Gasteiger partial charge in [0.2, 0.25) is 0 Å². The average Bonchev–Trinajstić information content (AvgIpc) is 3.36. The van der Waals surface area contributed by atoms with Gasteiger partial charge in [0.1, 0.15) is 11.5 Å². The number of nitrogens with zero attached hydrogens (tertiary/aromatic N) is 4. The van der Waals surface area contributed by atoms with Crippen LogP contribution in [0.15, 0.2) is 45.4 Å². The van der Waals surface area contributed by atoms with Crippen LogP contribution in [-0.4, -0.2) is 39.3 Å². The number of carbonyl (C=O) groups excluding carboxylic acids is 1. The van der Waals surface area contributed by atoms with E-state index in [0.717, 1.165) is 19.3 Å². The molecule has 1 amide bonds. The Morgan fingerprint density at radius 3 is 2.85 bits per heavy atom. The standard InChI is InChI=1S/C19H20N4O4/c1-13-11-15(21-26-13)19-20-18(22-27-19)16-9-5-6-10-23(16)17(24)12-25-14-7-3-2-4-8-14/h2-4,7-8,11,16H,5-6,9-10,12H2,1H3/t16-/m1/s1. The first-order valence-electron chi connectivity index (χ1n) is 8.95. The lowest BCUT2D eigenvalue weighted by molar-refractivity contribution is -0.137. The fourth-order valence-corrected chi connectivity index (χ4v) is 3.18. The lowest BCUT2D eigenvalue weighted by Crippen LogP contribution is -2.41. The van der Waals surface area contributed by atoms with E-state index in [0.29, 0.717) is 35.5 Å². The van der Waals surface area contributed by atoms with Gasteiger partial charge in [-0.3, -0.25) is 4.79 Å². The minimum absolute atomic E-state index is 0.0201. The maximum absolute atomic E-state index is 12.7. The van der Waals surface area contributed by atoms with Crippen LogP contribution in [0.2, 0.25) is 0 Å². The molecule has 0 aliphatic carbocycles. The van der Waals surface area contributed by atoms with Crippen LogP contribution in [0.5, 0.6) is 5.75 Å². The summed E-state index contributed by atoms with van der Waals surface area (Å²) in [5.74, 6) is 2.02. The van der Waals surface area contributed by atoms with Gasteiger partial charge < -0.3 is 18.7 Å². The molecular formula is C19H20N4O4. The van der Waals surface area contributed by atoms with E-state index in [4.69, 9.17) is 13.8 Å². The van der Waals surface area contributed by atoms with E-state index in [9.17, 15) is 4.79 Å². The molecule has 4 rings (SSSR count). The summed E-state index contributed by atoms with van der Waals surface area (Å²) in [6.07, 6.45) is 2.73. The van der Waals surface area contributed by atoms with Crippen molar-refractivity contribution in [3.63, 3.8) is 0 Å². The van der Waals surface area contributed by atoms with Crippen LogP contribution in [0.1, 0.15) is 36.9 Å². The van der Waals surface area contributed by atoms with Gasteiger partial charge in [0.25, 0.3) is 11.8 Å². The number of piperidine rings is 1. The molecule has 1 aliphatic rings. The summed E-state index contributed by atoms with van der Waals surface area (Å²) in [5, 5.41) is 7.96. The van der Waals surface area contributed by atoms with Crippen molar-refractivity contribution < 1.29 is 18.6 Å². The van der Waals surface area contributed by atoms with E-state index in [1.165, 1.54) is 0 Å². The molecule has 0 unspecified atom stereocenters. The van der Waals surface area contributed by atoms with Crippen molar-refractivity contribution in [2.75, 3.05) is 13.2 Å². The number of carbonyl (C=O) groups is 1. The van der Waals surface area contributed by atoms with E-state index in [-0.39, 0.29) is 18.6 Å². The Hall–Kier alpha value is -3.16. The lowest BCUT2D eigenvalue weighted by Gasteiger charge is -2.33. The number of hydrogen-bond acceptors (Lipinski definition) is 7. The number of likely N-dealkylation sites (tertiary alicyclic amines) is 1. The van der Waals surface area contributed by atoms with Gasteiger partial charge in [-0.15, -0.1) is 0 Å². The molecule has 8 heteroatoms. The minimum atomic E-state index is -0.226. The molecule has 1 atom stereocenters. The van der Waals surface area contributed by atoms with E-state index in [2.05, 4.69) is 15.3 Å². The van der Waals surface area contributed by atoms with Gasteiger partial charge in [0.05, 0.1) is 6.04 Å². The zero-order valence-electron chi connectivity index (χ0n) is 15.0. The molecule has 1 aromatic carbocycles. The number of rotatable bonds is 5. The molecular weight excluding hydrogens is 348 g/mol. The summed E-state index contributed by atoms with van der Waals surface area (Å²) >= 11 is 0. The topological polar surface area (TPSA) is 94.5 Å². The summed E-state index contributed by atoms with van der Waals surface area (Å²) in [6.45, 7) is 2.42. The predicted molar refractivity (Wildman–Crippen MR) is 94.8 cm³/mol. The Bertz CT molecular complexity index is 905. The van der Waals surface area contributed by atoms with Crippen LogP contribution in [0.3, 0.4) is 0 Å². The SMILES string of the molecule is Cc1cc(-c2nc([C@H]3CCCCN3C(=O)COc3ccccc3)no2)no1. The van der Waals surface area contributed by atoms with Gasteiger partial charge in [-0.1, -0.05) is 28.5 Å². The first-order valence-corrected chi connectivity index (χ1v) is 8.95. The second kappa shape index (κ2) is 7.61. The summed E-state index contributed by atoms with van der Waals surface area (Å²) in [7, 11) is 0. The van der Waals surface area contributed by atoms with Crippen molar-refractivity contribution in [2.45, 2.75) is 32.2 Å². The molecule has 0 saturated carbocycles. The first kappa shape index (κ1) is 17.3. The Kier molecular flexibility index (Phi) is 4.86. The molecule has 0 radical (unpaired) electrons. The van der Waals surface area contributed by atoms with Crippen molar-refractivity contribution >= 4 is 5.91 Å². The van der Waals surface area contributed by atoms with Gasteiger partial charge in [-0.05, 0) is 38.3 Å². The molecule has 8 nitrogen and oxygen atoms in total. The van der Waals surface area contributed by atoms with Gasteiger partial charge in [0, 0.05) is 12.6 Å². The van der Waals surface area contributed by atoms with E-state index < -0.39 is 0 Å². The van der Waals surface area contributed by atoms with Crippen molar-refractivity contribution in [2.24, 2.45) is 0 Å². The second-order valence-corrected chi connectivity index (χ2v) is 6.48. The highest BCUT2D eigenvalue weighted by Crippen LogP contribution is 2.30. The normalized spacial score (nSPS) is 17.1. The Balaban J connectivity index is 1.47. The minimum Gasteiger partial charge on any atom is -0.484 e. The van der Waals surface area contributed by atoms with E-state index >= 15 is 0 Å². The summed E-state index contributed by atoms with van der Waals surface area (Å²) in [5.41, 5.74) is 0.493. The highest BCUT2D eigenvalue weighted by Gasteiger charge is 2.32. The molecule has 2 aromatic heterocycles. The van der Waals surface area contributed by atoms with Gasteiger partial charge >= 0.3 is 0 Å². The number of aromatic nitrogens is 3. The number of hydrogen-bond donors (Lipinski definition) is 0. The zero-order chi connectivity index (χ0) is 18.6. The fourth-order valence-electron chi connectivity index (χ4n) is 3.18. The van der Waals surface area contributed by atoms with Crippen LogP contribution in [0.4, 0.5) is 0 Å². The third-order valence-electron chi connectivity index (χ3n) is 4.52. The quantitative estimate of drug-likeness (QED) is 0.682. The number of ether oxygens (including phenoxy) is 1. The lowest BCUT2D eigenvalue weighted by atomic mass is 10.0. The van der Waals surface area contributed by atoms with Crippen LogP contribution < -0.4 is 4.74 Å². The number of amides is 1. The highest BCUT2D eigenvalue weighted by atomic mass is 16.5. The first-order chi connectivity index (χ1) is 13.2. The molecule has 1 saturated heterocycles. The smallest absolute Gasteiger partial charge is 0.280 e. The van der Waals surface area contributed by atoms with Crippen LogP contribution in [0, 0.1) is 6.92 Å². The van der Waals surface area contributed by atoms with Gasteiger partial charge in [-0.25, -0.2) is 0 Å². The van der Waals surface area contributed by atoms with Crippen molar-refractivity contribution in [3.05, 3.63) is 48.0 Å². The van der Waals surface area contributed by atoms with Crippen LogP contribution in [-0.2, 0) is 4.79 Å². The monoisotopic (exact) mass is 368 g/mol. The van der Waals surface area contributed by atoms with E-state index in [1.54, 1.807) is 17.9 Å². The molecule has 0 N–H and O–H groups in total. The Morgan fingerprint density at radius 2 is 2.07 bits per heavy atom. The largest absolute Gasteiger partial charge is 0.484 e. The third-order valence-corrected chi connectivity index (χ3v) is 4.52. The van der Waals surface area contributed by atoms with Gasteiger partial charge in [0.15, 0.2) is 18.1 Å². The van der Waals surface area contributed by atoms with Crippen molar-refractivity contribution in [3.8, 4) is 17.3 Å². The maximum Gasteiger partial charge on any atom is 0.280 e. The molecule has 3 aromatic rings. The molecule has 0 bridgehead atoms. The average molecular weight is 368 g/mol. The maximum atomic E-state index is 12.7. The Morgan fingerprint density at radius 1 is 1.22 bits per heavy atom. The highest BCUT2D eigenvalue weighted by molar-refractivity contribution is 5.78. The van der Waals surface area contributed by atoms with Crippen LogP contribution >= 0.6 is 0 Å². The number of aryl methyl sites for hydroxylation is 1. The molecule has 27 heavy (non-hydrogen) atoms. The molecule has 1 aliphatic heterocycles. The molecule has 1 fully saturated rings. The predicted octanol–water partition coefficient (Wildman–Crippen LogP) is 3.17.